The van der Waals surface area contributed by atoms with E-state index in [4.69, 9.17) is 14.2 Å². The van der Waals surface area contributed by atoms with Gasteiger partial charge in [0.05, 0.1) is 0 Å². The van der Waals surface area contributed by atoms with E-state index in [0.717, 1.165) is 109 Å². The summed E-state index contributed by atoms with van der Waals surface area (Å²) >= 11 is 0. The lowest BCUT2D eigenvalue weighted by molar-refractivity contribution is -0.167. The van der Waals surface area contributed by atoms with Crippen LogP contribution >= 0.6 is 0 Å². The van der Waals surface area contributed by atoms with Crippen molar-refractivity contribution in [2.24, 2.45) is 0 Å². The van der Waals surface area contributed by atoms with Crippen molar-refractivity contribution < 1.29 is 28.6 Å². The molecule has 0 amide bonds. The van der Waals surface area contributed by atoms with E-state index in [1.807, 2.05) is 0 Å². The molecule has 0 aromatic carbocycles. The van der Waals surface area contributed by atoms with E-state index in [2.05, 4.69) is 93.7 Å². The fourth-order valence-electron chi connectivity index (χ4n) is 7.05. The Hall–Kier alpha value is -3.15. The maximum atomic E-state index is 12.8. The van der Waals surface area contributed by atoms with Gasteiger partial charge in [-0.2, -0.15) is 0 Å². The Kier molecular flexibility index (Phi) is 47.9. The number of carbonyl (C=O) groups is 3. The standard InChI is InChI=1S/C56H96O6/c1-4-7-10-13-16-18-20-22-24-26-27-28-29-31-32-34-36-38-40-43-46-49-55(58)61-52-53(51-60-54(57)48-45-42-15-12-9-6-3)62-56(59)50-47-44-41-39-37-35-33-30-25-23-21-19-17-14-11-8-5-2/h7,10,16,18,22-25,27-28,31-32,53H,4-6,8-9,11-15,17,19-21,26,29-30,33-52H2,1-3H3/b10-7-,18-16-,24-22-,25-23-,28-27-,32-31-. The molecule has 0 aliphatic rings. The molecule has 0 radical (unpaired) electrons. The first-order valence-corrected chi connectivity index (χ1v) is 25.9. The zero-order valence-corrected chi connectivity index (χ0v) is 40.6. The van der Waals surface area contributed by atoms with Crippen molar-refractivity contribution in [2.75, 3.05) is 13.2 Å². The Balaban J connectivity index is 4.26. The second-order valence-electron chi connectivity index (χ2n) is 17.1. The minimum Gasteiger partial charge on any atom is -0.462 e. The van der Waals surface area contributed by atoms with Crippen molar-refractivity contribution in [1.29, 1.82) is 0 Å². The summed E-state index contributed by atoms with van der Waals surface area (Å²) in [5.74, 6) is -0.916. The lowest BCUT2D eigenvalue weighted by Gasteiger charge is -2.18. The first-order chi connectivity index (χ1) is 30.5. The molecule has 6 heteroatoms. The second kappa shape index (κ2) is 50.5. The maximum Gasteiger partial charge on any atom is 0.306 e. The Bertz CT molecular complexity index is 1180. The highest BCUT2D eigenvalue weighted by atomic mass is 16.6. The molecule has 0 aliphatic heterocycles. The maximum absolute atomic E-state index is 12.8. The van der Waals surface area contributed by atoms with Crippen LogP contribution in [0, 0.1) is 0 Å². The van der Waals surface area contributed by atoms with Gasteiger partial charge in [0, 0.05) is 19.3 Å². The average Bonchev–Trinajstić information content (AvgIpc) is 3.27. The van der Waals surface area contributed by atoms with Crippen molar-refractivity contribution in [2.45, 2.75) is 252 Å². The van der Waals surface area contributed by atoms with Crippen molar-refractivity contribution in [3.63, 3.8) is 0 Å². The smallest absolute Gasteiger partial charge is 0.306 e. The highest BCUT2D eigenvalue weighted by molar-refractivity contribution is 5.71. The number of esters is 3. The first-order valence-electron chi connectivity index (χ1n) is 25.9. The number of ether oxygens (including phenoxy) is 3. The van der Waals surface area contributed by atoms with Gasteiger partial charge in [-0.25, -0.2) is 0 Å². The number of carbonyl (C=O) groups excluding carboxylic acids is 3. The third-order valence-corrected chi connectivity index (χ3v) is 10.9. The molecule has 0 bridgehead atoms. The van der Waals surface area contributed by atoms with Crippen molar-refractivity contribution in [3.8, 4) is 0 Å². The van der Waals surface area contributed by atoms with Crippen LogP contribution in [0.5, 0.6) is 0 Å². The monoisotopic (exact) mass is 865 g/mol. The van der Waals surface area contributed by atoms with Crippen LogP contribution in [0.15, 0.2) is 72.9 Å². The van der Waals surface area contributed by atoms with Gasteiger partial charge in [-0.05, 0) is 89.9 Å². The van der Waals surface area contributed by atoms with Crippen LogP contribution < -0.4 is 0 Å². The molecule has 0 saturated carbocycles. The fraction of sp³-hybridized carbons (Fsp3) is 0.732. The highest BCUT2D eigenvalue weighted by Gasteiger charge is 2.19. The molecule has 0 saturated heterocycles. The summed E-state index contributed by atoms with van der Waals surface area (Å²) in [6.45, 7) is 6.44. The number of hydrogen-bond donors (Lipinski definition) is 0. The summed E-state index contributed by atoms with van der Waals surface area (Å²) < 4.78 is 16.7. The largest absolute Gasteiger partial charge is 0.462 e. The zero-order valence-electron chi connectivity index (χ0n) is 40.6. The second-order valence-corrected chi connectivity index (χ2v) is 17.1. The molecular weight excluding hydrogens is 769 g/mol. The van der Waals surface area contributed by atoms with Gasteiger partial charge in [-0.15, -0.1) is 0 Å². The molecule has 0 rings (SSSR count). The molecule has 0 heterocycles. The van der Waals surface area contributed by atoms with Crippen molar-refractivity contribution in [1.82, 2.24) is 0 Å². The van der Waals surface area contributed by atoms with Crippen LogP contribution in [0.3, 0.4) is 0 Å². The fourth-order valence-corrected chi connectivity index (χ4v) is 7.05. The van der Waals surface area contributed by atoms with Gasteiger partial charge in [0.1, 0.15) is 13.2 Å². The van der Waals surface area contributed by atoms with Gasteiger partial charge < -0.3 is 14.2 Å². The van der Waals surface area contributed by atoms with Crippen LogP contribution in [0.1, 0.15) is 245 Å². The van der Waals surface area contributed by atoms with E-state index in [0.29, 0.717) is 19.3 Å². The molecule has 0 aromatic heterocycles. The van der Waals surface area contributed by atoms with E-state index in [1.54, 1.807) is 0 Å². The summed E-state index contributed by atoms with van der Waals surface area (Å²) in [6.07, 6.45) is 63.4. The summed E-state index contributed by atoms with van der Waals surface area (Å²) in [5.41, 5.74) is 0. The average molecular weight is 865 g/mol. The molecule has 1 unspecified atom stereocenters. The van der Waals surface area contributed by atoms with Gasteiger partial charge in [0.25, 0.3) is 0 Å². The topological polar surface area (TPSA) is 78.9 Å². The summed E-state index contributed by atoms with van der Waals surface area (Å²) in [7, 11) is 0. The van der Waals surface area contributed by atoms with Crippen molar-refractivity contribution in [3.05, 3.63) is 72.9 Å². The summed E-state index contributed by atoms with van der Waals surface area (Å²) in [4.78, 5) is 37.8. The molecule has 0 aliphatic carbocycles. The Labute approximate surface area is 382 Å². The summed E-state index contributed by atoms with van der Waals surface area (Å²) in [6, 6.07) is 0. The number of hydrogen-bond acceptors (Lipinski definition) is 6. The molecular formula is C56H96O6. The highest BCUT2D eigenvalue weighted by Crippen LogP contribution is 2.14. The Morgan fingerprint density at radius 1 is 0.339 bits per heavy atom. The van der Waals surface area contributed by atoms with E-state index >= 15 is 0 Å². The quantitative estimate of drug-likeness (QED) is 0.0262. The zero-order chi connectivity index (χ0) is 45.1. The SMILES string of the molecule is CC/C=C\C/C=C\C/C=C\C/C=C\C/C=C\CCCCCCCC(=O)OCC(COC(=O)CCCCCCCC)OC(=O)CCCCCCCCC/C=C\CCCCCCCC. The number of allylic oxidation sites excluding steroid dienone is 12. The molecule has 0 fully saturated rings. The number of rotatable bonds is 46. The normalized spacial score (nSPS) is 12.6. The van der Waals surface area contributed by atoms with E-state index in [1.165, 1.54) is 96.3 Å². The van der Waals surface area contributed by atoms with Gasteiger partial charge in [0.2, 0.25) is 0 Å². The third kappa shape index (κ3) is 47.9. The molecule has 0 spiro atoms. The van der Waals surface area contributed by atoms with Crippen LogP contribution in [0.25, 0.3) is 0 Å². The molecule has 6 nitrogen and oxygen atoms in total. The predicted octanol–water partition coefficient (Wildman–Crippen LogP) is 17.0. The molecule has 0 aromatic rings. The van der Waals surface area contributed by atoms with E-state index in [9.17, 15) is 14.4 Å². The van der Waals surface area contributed by atoms with Gasteiger partial charge in [-0.1, -0.05) is 209 Å². The first kappa shape index (κ1) is 58.9. The summed E-state index contributed by atoms with van der Waals surface area (Å²) in [5, 5.41) is 0. The van der Waals surface area contributed by atoms with Crippen LogP contribution in [-0.2, 0) is 28.6 Å². The molecule has 1 atom stereocenters. The molecule has 62 heavy (non-hydrogen) atoms. The van der Waals surface area contributed by atoms with Gasteiger partial charge in [-0.3, -0.25) is 14.4 Å². The molecule has 0 N–H and O–H groups in total. The minimum absolute atomic E-state index is 0.0835. The Morgan fingerprint density at radius 3 is 1.00 bits per heavy atom. The molecule has 356 valence electrons. The minimum atomic E-state index is -0.782. The number of unbranched alkanes of at least 4 members (excludes halogenated alkanes) is 23. The van der Waals surface area contributed by atoms with Crippen LogP contribution in [-0.4, -0.2) is 37.2 Å². The van der Waals surface area contributed by atoms with E-state index in [-0.39, 0.29) is 31.1 Å². The third-order valence-electron chi connectivity index (χ3n) is 10.9. The van der Waals surface area contributed by atoms with Crippen molar-refractivity contribution >= 4 is 17.9 Å². The Morgan fingerprint density at radius 2 is 0.629 bits per heavy atom. The lowest BCUT2D eigenvalue weighted by Crippen LogP contribution is -2.30. The van der Waals surface area contributed by atoms with E-state index < -0.39 is 6.10 Å². The van der Waals surface area contributed by atoms with Crippen LogP contribution in [0.2, 0.25) is 0 Å². The predicted molar refractivity (Wildman–Crippen MR) is 265 cm³/mol. The lowest BCUT2D eigenvalue weighted by atomic mass is 10.1. The van der Waals surface area contributed by atoms with Crippen LogP contribution in [0.4, 0.5) is 0 Å². The van der Waals surface area contributed by atoms with Gasteiger partial charge >= 0.3 is 17.9 Å². The van der Waals surface area contributed by atoms with Gasteiger partial charge in [0.15, 0.2) is 6.10 Å².